The van der Waals surface area contributed by atoms with E-state index >= 15 is 0 Å². The van der Waals surface area contributed by atoms with Gasteiger partial charge in [-0.3, -0.25) is 4.90 Å². The first-order valence-electron chi connectivity index (χ1n) is 5.71. The van der Waals surface area contributed by atoms with Gasteiger partial charge in [0.1, 0.15) is 11.5 Å². The molecule has 0 unspecified atom stereocenters. The quantitative estimate of drug-likeness (QED) is 0.752. The molecule has 1 aromatic rings. The Balaban J connectivity index is 2.72. The van der Waals surface area contributed by atoms with Crippen molar-refractivity contribution in [1.29, 1.82) is 0 Å². The van der Waals surface area contributed by atoms with Gasteiger partial charge in [-0.25, -0.2) is 0 Å². The normalized spacial score (nSPS) is 11.4. The van der Waals surface area contributed by atoms with Crippen molar-refractivity contribution >= 4 is 0 Å². The Hall–Kier alpha value is -1.06. The van der Waals surface area contributed by atoms with Gasteiger partial charge < -0.3 is 10.2 Å². The van der Waals surface area contributed by atoms with Crippen LogP contribution in [0.1, 0.15) is 30.9 Å². The first kappa shape index (κ1) is 13.0. The molecule has 0 atom stereocenters. The highest BCUT2D eigenvalue weighted by molar-refractivity contribution is 5.19. The monoisotopic (exact) mass is 222 g/mol. The molecule has 3 nitrogen and oxygen atoms in total. The summed E-state index contributed by atoms with van der Waals surface area (Å²) in [4.78, 5) is 2.30. The molecule has 1 heterocycles. The average molecular weight is 222 g/mol. The molecule has 0 saturated carbocycles. The van der Waals surface area contributed by atoms with Gasteiger partial charge in [0, 0.05) is 12.6 Å². The van der Waals surface area contributed by atoms with Gasteiger partial charge in [0.25, 0.3) is 0 Å². The topological polar surface area (TPSA) is 42.4 Å². The summed E-state index contributed by atoms with van der Waals surface area (Å²) in [6, 6.07) is 2.55. The lowest BCUT2D eigenvalue weighted by atomic mass is 10.2. The first-order valence-corrected chi connectivity index (χ1v) is 5.71. The van der Waals surface area contributed by atoms with E-state index in [0.29, 0.717) is 12.6 Å². The Kier molecular flexibility index (Phi) is 4.77. The van der Waals surface area contributed by atoms with E-state index in [1.807, 2.05) is 13.0 Å². The predicted molar refractivity (Wildman–Crippen MR) is 67.1 cm³/mol. The molecular weight excluding hydrogens is 200 g/mol. The van der Waals surface area contributed by atoms with E-state index in [0.717, 1.165) is 30.2 Å². The SMILES string of the molecule is C=CCN(Cc1cc(C)c(CN)o1)C(C)C. The minimum Gasteiger partial charge on any atom is -0.463 e. The minimum atomic E-state index is 0.467. The van der Waals surface area contributed by atoms with Crippen LogP contribution in [0.15, 0.2) is 23.1 Å². The molecule has 16 heavy (non-hydrogen) atoms. The van der Waals surface area contributed by atoms with E-state index in [1.165, 1.54) is 0 Å². The van der Waals surface area contributed by atoms with Crippen LogP contribution in [0.3, 0.4) is 0 Å². The molecule has 0 fully saturated rings. The van der Waals surface area contributed by atoms with Gasteiger partial charge in [0.15, 0.2) is 0 Å². The van der Waals surface area contributed by atoms with Gasteiger partial charge in [-0.15, -0.1) is 6.58 Å². The maximum Gasteiger partial charge on any atom is 0.120 e. The molecule has 0 amide bonds. The van der Waals surface area contributed by atoms with E-state index in [2.05, 4.69) is 31.4 Å². The van der Waals surface area contributed by atoms with E-state index in [9.17, 15) is 0 Å². The Morgan fingerprint density at radius 1 is 1.56 bits per heavy atom. The second kappa shape index (κ2) is 5.87. The molecule has 0 saturated heterocycles. The van der Waals surface area contributed by atoms with E-state index in [-0.39, 0.29) is 0 Å². The Labute approximate surface area is 97.9 Å². The molecule has 1 rings (SSSR count). The summed E-state index contributed by atoms with van der Waals surface area (Å²) in [6.07, 6.45) is 1.92. The maximum atomic E-state index is 5.69. The van der Waals surface area contributed by atoms with Crippen LogP contribution in [0.4, 0.5) is 0 Å². The van der Waals surface area contributed by atoms with Gasteiger partial charge in [-0.1, -0.05) is 6.08 Å². The van der Waals surface area contributed by atoms with Crippen LogP contribution >= 0.6 is 0 Å². The van der Waals surface area contributed by atoms with E-state index in [4.69, 9.17) is 10.2 Å². The highest BCUT2D eigenvalue weighted by Crippen LogP contribution is 2.16. The molecule has 0 spiro atoms. The largest absolute Gasteiger partial charge is 0.463 e. The standard InChI is InChI=1S/C13H22N2O/c1-5-6-15(10(2)3)9-12-7-11(4)13(8-14)16-12/h5,7,10H,1,6,8-9,14H2,2-4H3. The summed E-state index contributed by atoms with van der Waals surface area (Å²) < 4.78 is 5.69. The van der Waals surface area contributed by atoms with Gasteiger partial charge >= 0.3 is 0 Å². The molecule has 0 bridgehead atoms. The lowest BCUT2D eigenvalue weighted by Gasteiger charge is -2.23. The van der Waals surface area contributed by atoms with Crippen molar-refractivity contribution in [3.05, 3.63) is 35.8 Å². The van der Waals surface area contributed by atoms with Crippen molar-refractivity contribution in [2.45, 2.75) is 39.9 Å². The lowest BCUT2D eigenvalue weighted by molar-refractivity contribution is 0.216. The third kappa shape index (κ3) is 3.22. The van der Waals surface area contributed by atoms with Gasteiger partial charge in [0.2, 0.25) is 0 Å². The maximum absolute atomic E-state index is 5.69. The zero-order valence-corrected chi connectivity index (χ0v) is 10.5. The Bertz CT molecular complexity index is 342. The Morgan fingerprint density at radius 3 is 2.69 bits per heavy atom. The second-order valence-electron chi connectivity index (χ2n) is 4.33. The number of hydrogen-bond acceptors (Lipinski definition) is 3. The molecule has 0 radical (unpaired) electrons. The number of nitrogens with zero attached hydrogens (tertiary/aromatic N) is 1. The number of furan rings is 1. The van der Waals surface area contributed by atoms with Crippen molar-refractivity contribution in [3.63, 3.8) is 0 Å². The van der Waals surface area contributed by atoms with Gasteiger partial charge in [-0.05, 0) is 32.4 Å². The summed E-state index contributed by atoms with van der Waals surface area (Å²) in [6.45, 7) is 12.3. The van der Waals surface area contributed by atoms with Crippen LogP contribution in [-0.4, -0.2) is 17.5 Å². The number of aryl methyl sites for hydroxylation is 1. The van der Waals surface area contributed by atoms with Crippen molar-refractivity contribution in [2.75, 3.05) is 6.54 Å². The lowest BCUT2D eigenvalue weighted by Crippen LogP contribution is -2.30. The Morgan fingerprint density at radius 2 is 2.25 bits per heavy atom. The molecule has 1 aromatic heterocycles. The highest BCUT2D eigenvalue weighted by Gasteiger charge is 2.12. The fraction of sp³-hybridized carbons (Fsp3) is 0.538. The van der Waals surface area contributed by atoms with Crippen LogP contribution in [0.25, 0.3) is 0 Å². The summed E-state index contributed by atoms with van der Waals surface area (Å²) in [7, 11) is 0. The predicted octanol–water partition coefficient (Wildman–Crippen LogP) is 2.44. The molecule has 3 heteroatoms. The molecule has 90 valence electrons. The van der Waals surface area contributed by atoms with Gasteiger partial charge in [-0.2, -0.15) is 0 Å². The van der Waals surface area contributed by atoms with Crippen LogP contribution in [0.2, 0.25) is 0 Å². The van der Waals surface area contributed by atoms with E-state index < -0.39 is 0 Å². The highest BCUT2D eigenvalue weighted by atomic mass is 16.3. The van der Waals surface area contributed by atoms with Crippen molar-refractivity contribution < 1.29 is 4.42 Å². The summed E-state index contributed by atoms with van der Waals surface area (Å²) in [5.41, 5.74) is 6.73. The zero-order valence-electron chi connectivity index (χ0n) is 10.5. The van der Waals surface area contributed by atoms with E-state index in [1.54, 1.807) is 0 Å². The average Bonchev–Trinajstić information content (AvgIpc) is 2.58. The number of rotatable bonds is 6. The molecule has 0 aliphatic heterocycles. The summed E-state index contributed by atoms with van der Waals surface area (Å²) >= 11 is 0. The van der Waals surface area contributed by atoms with Crippen LogP contribution in [0, 0.1) is 6.92 Å². The van der Waals surface area contributed by atoms with Crippen LogP contribution < -0.4 is 5.73 Å². The van der Waals surface area contributed by atoms with Crippen LogP contribution in [0.5, 0.6) is 0 Å². The summed E-state index contributed by atoms with van der Waals surface area (Å²) in [5.74, 6) is 1.87. The van der Waals surface area contributed by atoms with Crippen molar-refractivity contribution in [3.8, 4) is 0 Å². The fourth-order valence-electron chi connectivity index (χ4n) is 1.69. The van der Waals surface area contributed by atoms with Gasteiger partial charge in [0.05, 0.1) is 13.1 Å². The van der Waals surface area contributed by atoms with Crippen molar-refractivity contribution in [2.24, 2.45) is 5.73 Å². The third-order valence-corrected chi connectivity index (χ3v) is 2.71. The van der Waals surface area contributed by atoms with Crippen LogP contribution in [-0.2, 0) is 13.1 Å². The number of nitrogens with two attached hydrogens (primary N) is 1. The first-order chi connectivity index (χ1) is 7.58. The minimum absolute atomic E-state index is 0.467. The summed E-state index contributed by atoms with van der Waals surface area (Å²) in [5, 5.41) is 0. The third-order valence-electron chi connectivity index (χ3n) is 2.71. The molecule has 2 N–H and O–H groups in total. The number of hydrogen-bond donors (Lipinski definition) is 1. The molecular formula is C13H22N2O. The molecule has 0 aliphatic rings. The molecule has 0 aromatic carbocycles. The zero-order chi connectivity index (χ0) is 12.1. The second-order valence-corrected chi connectivity index (χ2v) is 4.33. The smallest absolute Gasteiger partial charge is 0.120 e. The fourth-order valence-corrected chi connectivity index (χ4v) is 1.69. The van der Waals surface area contributed by atoms with Crippen molar-refractivity contribution in [1.82, 2.24) is 4.90 Å². The molecule has 0 aliphatic carbocycles.